The number of unbranched alkanes of at least 4 members (excludes halogenated alkanes) is 5. The van der Waals surface area contributed by atoms with E-state index in [2.05, 4.69) is 27.6 Å². The molecular formula is C19H25ClN4O. The Balaban J connectivity index is 1.67. The molecule has 1 N–H and O–H groups in total. The largest absolute Gasteiger partial charge is 0.494 e. The van der Waals surface area contributed by atoms with Gasteiger partial charge in [0.1, 0.15) is 5.75 Å². The lowest BCUT2D eigenvalue weighted by atomic mass is 10.1. The molecule has 0 bridgehead atoms. The first-order valence-corrected chi connectivity index (χ1v) is 9.17. The molecule has 134 valence electrons. The summed E-state index contributed by atoms with van der Waals surface area (Å²) in [6, 6.07) is 11.2. The van der Waals surface area contributed by atoms with E-state index in [1.54, 1.807) is 18.3 Å². The van der Waals surface area contributed by atoms with Gasteiger partial charge >= 0.3 is 0 Å². The third-order valence-corrected chi connectivity index (χ3v) is 3.87. The minimum atomic E-state index is 0.353. The van der Waals surface area contributed by atoms with Crippen molar-refractivity contribution in [1.82, 2.24) is 10.2 Å². The molecule has 2 rings (SSSR count). The zero-order valence-corrected chi connectivity index (χ0v) is 15.4. The van der Waals surface area contributed by atoms with Crippen molar-refractivity contribution in [3.8, 4) is 5.75 Å². The average molecular weight is 361 g/mol. The van der Waals surface area contributed by atoms with Crippen LogP contribution in [-0.4, -0.2) is 23.0 Å². The zero-order valence-electron chi connectivity index (χ0n) is 14.6. The monoisotopic (exact) mass is 360 g/mol. The van der Waals surface area contributed by atoms with Gasteiger partial charge in [0, 0.05) is 0 Å². The normalized spacial score (nSPS) is 11.0. The van der Waals surface area contributed by atoms with E-state index in [9.17, 15) is 0 Å². The van der Waals surface area contributed by atoms with Crippen LogP contribution in [0.4, 0.5) is 5.82 Å². The maximum absolute atomic E-state index is 5.76. The van der Waals surface area contributed by atoms with Gasteiger partial charge in [-0.1, -0.05) is 50.6 Å². The van der Waals surface area contributed by atoms with Crippen LogP contribution in [0.1, 0.15) is 51.0 Å². The van der Waals surface area contributed by atoms with Gasteiger partial charge in [-0.3, -0.25) is 5.43 Å². The van der Waals surface area contributed by atoms with E-state index in [0.717, 1.165) is 24.3 Å². The highest BCUT2D eigenvalue weighted by Gasteiger charge is 1.96. The molecule has 0 atom stereocenters. The second kappa shape index (κ2) is 11.4. The first-order chi connectivity index (χ1) is 12.3. The summed E-state index contributed by atoms with van der Waals surface area (Å²) in [7, 11) is 0. The van der Waals surface area contributed by atoms with Crippen molar-refractivity contribution in [2.45, 2.75) is 45.4 Å². The molecule has 6 heteroatoms. The fraction of sp³-hybridized carbons (Fsp3) is 0.421. The molecule has 0 amide bonds. The van der Waals surface area contributed by atoms with Gasteiger partial charge in [0.05, 0.1) is 12.8 Å². The average Bonchev–Trinajstić information content (AvgIpc) is 2.64. The molecule has 0 aliphatic carbocycles. The number of hydrazone groups is 1. The number of halogens is 1. The van der Waals surface area contributed by atoms with E-state index in [1.807, 2.05) is 24.3 Å². The third kappa shape index (κ3) is 7.98. The van der Waals surface area contributed by atoms with Crippen LogP contribution < -0.4 is 10.2 Å². The Morgan fingerprint density at radius 3 is 2.48 bits per heavy atom. The molecule has 0 unspecified atom stereocenters. The molecule has 25 heavy (non-hydrogen) atoms. The summed E-state index contributed by atoms with van der Waals surface area (Å²) >= 11 is 5.68. The minimum Gasteiger partial charge on any atom is -0.494 e. The SMILES string of the molecule is CCCCCCCCOc1ccc(/C=N/Nc2ccc(Cl)nn2)cc1. The Kier molecular flexibility index (Phi) is 8.77. The lowest BCUT2D eigenvalue weighted by Crippen LogP contribution is -1.98. The van der Waals surface area contributed by atoms with E-state index in [4.69, 9.17) is 16.3 Å². The molecule has 0 aliphatic rings. The molecule has 0 spiro atoms. The summed E-state index contributed by atoms with van der Waals surface area (Å²) in [5.74, 6) is 1.43. The zero-order chi connectivity index (χ0) is 17.7. The van der Waals surface area contributed by atoms with Crippen molar-refractivity contribution in [3.05, 3.63) is 47.1 Å². The maximum Gasteiger partial charge on any atom is 0.168 e. The third-order valence-electron chi connectivity index (χ3n) is 3.67. The number of hydrogen-bond acceptors (Lipinski definition) is 5. The van der Waals surface area contributed by atoms with Gasteiger partial charge in [-0.25, -0.2) is 0 Å². The van der Waals surface area contributed by atoms with E-state index in [-0.39, 0.29) is 0 Å². The van der Waals surface area contributed by atoms with Crippen LogP contribution in [0, 0.1) is 0 Å². The Hall–Kier alpha value is -2.14. The summed E-state index contributed by atoms with van der Waals surface area (Å²) in [4.78, 5) is 0. The van der Waals surface area contributed by atoms with Crippen LogP contribution in [0.25, 0.3) is 0 Å². The number of benzene rings is 1. The predicted octanol–water partition coefficient (Wildman–Crippen LogP) is 5.32. The lowest BCUT2D eigenvalue weighted by Gasteiger charge is -2.06. The van der Waals surface area contributed by atoms with Gasteiger partial charge in [0.15, 0.2) is 11.0 Å². The Morgan fingerprint density at radius 1 is 1.00 bits per heavy atom. The Bertz CT molecular complexity index is 629. The van der Waals surface area contributed by atoms with E-state index in [0.29, 0.717) is 11.0 Å². The summed E-state index contributed by atoms with van der Waals surface area (Å²) < 4.78 is 5.76. The molecule has 0 saturated heterocycles. The van der Waals surface area contributed by atoms with Crippen molar-refractivity contribution in [1.29, 1.82) is 0 Å². The molecule has 2 aromatic rings. The number of aromatic nitrogens is 2. The van der Waals surface area contributed by atoms with Crippen molar-refractivity contribution >= 4 is 23.6 Å². The molecule has 1 aromatic heterocycles. The highest BCUT2D eigenvalue weighted by atomic mass is 35.5. The van der Waals surface area contributed by atoms with E-state index >= 15 is 0 Å². The number of nitrogens with one attached hydrogen (secondary N) is 1. The maximum atomic E-state index is 5.76. The van der Waals surface area contributed by atoms with Gasteiger partial charge in [-0.15, -0.1) is 10.2 Å². The molecule has 1 aromatic carbocycles. The Labute approximate surface area is 154 Å². The van der Waals surface area contributed by atoms with Gasteiger partial charge in [-0.2, -0.15) is 5.10 Å². The first kappa shape index (κ1) is 19.2. The predicted molar refractivity (Wildman–Crippen MR) is 104 cm³/mol. The van der Waals surface area contributed by atoms with Crippen LogP contribution in [0.15, 0.2) is 41.5 Å². The van der Waals surface area contributed by atoms with Crippen molar-refractivity contribution in [2.24, 2.45) is 5.10 Å². The van der Waals surface area contributed by atoms with E-state index in [1.165, 1.54) is 32.1 Å². The molecule has 1 heterocycles. The molecule has 0 radical (unpaired) electrons. The number of anilines is 1. The highest BCUT2D eigenvalue weighted by molar-refractivity contribution is 6.29. The van der Waals surface area contributed by atoms with Crippen LogP contribution >= 0.6 is 11.6 Å². The van der Waals surface area contributed by atoms with Crippen molar-refractivity contribution in [2.75, 3.05) is 12.0 Å². The smallest absolute Gasteiger partial charge is 0.168 e. The van der Waals surface area contributed by atoms with Crippen molar-refractivity contribution < 1.29 is 4.74 Å². The number of nitrogens with zero attached hydrogens (tertiary/aromatic N) is 3. The summed E-state index contributed by atoms with van der Waals surface area (Å²) in [6.07, 6.45) is 9.33. The molecule has 0 aliphatic heterocycles. The van der Waals surface area contributed by atoms with Gasteiger partial charge in [-0.05, 0) is 48.4 Å². The summed E-state index contributed by atoms with van der Waals surface area (Å²) in [5, 5.41) is 12.1. The summed E-state index contributed by atoms with van der Waals surface area (Å²) in [6.45, 7) is 3.01. The Morgan fingerprint density at radius 2 is 1.76 bits per heavy atom. The topological polar surface area (TPSA) is 59.4 Å². The summed E-state index contributed by atoms with van der Waals surface area (Å²) in [5.41, 5.74) is 3.78. The van der Waals surface area contributed by atoms with Crippen LogP contribution in [-0.2, 0) is 0 Å². The quantitative estimate of drug-likeness (QED) is 0.335. The second-order valence-electron chi connectivity index (χ2n) is 5.80. The minimum absolute atomic E-state index is 0.353. The van der Waals surface area contributed by atoms with E-state index < -0.39 is 0 Å². The number of ether oxygens (including phenoxy) is 1. The van der Waals surface area contributed by atoms with Gasteiger partial charge in [0.2, 0.25) is 0 Å². The fourth-order valence-electron chi connectivity index (χ4n) is 2.27. The highest BCUT2D eigenvalue weighted by Crippen LogP contribution is 2.13. The molecule has 5 nitrogen and oxygen atoms in total. The van der Waals surface area contributed by atoms with Crippen LogP contribution in [0.3, 0.4) is 0 Å². The number of rotatable bonds is 11. The van der Waals surface area contributed by atoms with Gasteiger partial charge in [0.25, 0.3) is 0 Å². The van der Waals surface area contributed by atoms with Crippen molar-refractivity contribution in [3.63, 3.8) is 0 Å². The second-order valence-corrected chi connectivity index (χ2v) is 6.18. The lowest BCUT2D eigenvalue weighted by molar-refractivity contribution is 0.304. The van der Waals surface area contributed by atoms with Crippen LogP contribution in [0.5, 0.6) is 5.75 Å². The standard InChI is InChI=1S/C19H25ClN4O/c1-2-3-4-5-6-7-14-25-17-10-8-16(9-11-17)15-21-23-19-13-12-18(20)22-24-19/h8-13,15H,2-7,14H2,1H3,(H,23,24)/b21-15+. The molecular weight excluding hydrogens is 336 g/mol. The number of hydrogen-bond donors (Lipinski definition) is 1. The van der Waals surface area contributed by atoms with Crippen LogP contribution in [0.2, 0.25) is 5.15 Å². The van der Waals surface area contributed by atoms with Gasteiger partial charge < -0.3 is 4.74 Å². The fourth-order valence-corrected chi connectivity index (χ4v) is 2.37. The molecule has 0 fully saturated rings. The first-order valence-electron chi connectivity index (χ1n) is 8.79. The molecule has 0 saturated carbocycles.